The first-order valence-electron chi connectivity index (χ1n) is 7.68. The van der Waals surface area contributed by atoms with Crippen molar-refractivity contribution in [2.24, 2.45) is 0 Å². The van der Waals surface area contributed by atoms with Gasteiger partial charge in [-0.15, -0.1) is 0 Å². The van der Waals surface area contributed by atoms with Crippen LogP contribution in [0.25, 0.3) is 0 Å². The van der Waals surface area contributed by atoms with Crippen molar-refractivity contribution in [3.63, 3.8) is 0 Å². The average Bonchev–Trinajstić information content (AvgIpc) is 2.54. The van der Waals surface area contributed by atoms with Crippen LogP contribution in [0.1, 0.15) is 17.6 Å². The molecule has 0 spiro atoms. The van der Waals surface area contributed by atoms with E-state index in [1.165, 1.54) is 10.6 Å². The van der Waals surface area contributed by atoms with Crippen LogP contribution < -0.4 is 4.90 Å². The van der Waals surface area contributed by atoms with Crippen molar-refractivity contribution in [2.75, 3.05) is 57.2 Å². The van der Waals surface area contributed by atoms with E-state index in [-0.39, 0.29) is 12.6 Å². The second-order valence-corrected chi connectivity index (χ2v) is 7.76. The van der Waals surface area contributed by atoms with Gasteiger partial charge in [-0.25, -0.2) is 18.4 Å². The van der Waals surface area contributed by atoms with Gasteiger partial charge in [0.15, 0.2) is 0 Å². The first-order valence-corrected chi connectivity index (χ1v) is 9.53. The zero-order valence-corrected chi connectivity index (χ0v) is 14.3. The maximum absolute atomic E-state index is 11.8. The largest absolute Gasteiger partial charge is 0.378 e. The van der Waals surface area contributed by atoms with Gasteiger partial charge in [0.25, 0.3) is 0 Å². The van der Waals surface area contributed by atoms with Crippen molar-refractivity contribution in [1.29, 1.82) is 0 Å². The monoisotopic (exact) mass is 342 g/mol. The van der Waals surface area contributed by atoms with E-state index in [2.05, 4.69) is 14.9 Å². The lowest BCUT2D eigenvalue weighted by Gasteiger charge is -2.32. The van der Waals surface area contributed by atoms with Crippen molar-refractivity contribution < 1.29 is 17.9 Å². The molecule has 0 radical (unpaired) electrons. The zero-order valence-electron chi connectivity index (χ0n) is 13.4. The summed E-state index contributed by atoms with van der Waals surface area (Å²) in [4.78, 5) is 11.1. The van der Waals surface area contributed by atoms with Crippen LogP contribution in [0.2, 0.25) is 0 Å². The number of hydrogen-bond acceptors (Lipinski definition) is 7. The number of hydrogen-bond donors (Lipinski definition) is 0. The number of rotatable bonds is 3. The van der Waals surface area contributed by atoms with Crippen LogP contribution in [0.15, 0.2) is 6.07 Å². The molecule has 0 aliphatic carbocycles. The van der Waals surface area contributed by atoms with Gasteiger partial charge in [-0.2, -0.15) is 4.31 Å². The molecule has 3 heterocycles. The molecule has 9 heteroatoms. The molecule has 2 fully saturated rings. The van der Waals surface area contributed by atoms with Crippen LogP contribution in [0.3, 0.4) is 0 Å². The third-order valence-electron chi connectivity index (χ3n) is 4.01. The quantitative estimate of drug-likeness (QED) is 0.761. The second kappa shape index (κ2) is 6.68. The summed E-state index contributed by atoms with van der Waals surface area (Å²) >= 11 is 0. The average molecular weight is 342 g/mol. The van der Waals surface area contributed by atoms with Crippen LogP contribution in [0.4, 0.5) is 5.82 Å². The molecule has 0 aromatic carbocycles. The maximum atomic E-state index is 11.8. The molecular weight excluding hydrogens is 320 g/mol. The fraction of sp³-hybridized carbons (Fsp3) is 0.714. The number of morpholine rings is 2. The number of aromatic nitrogens is 2. The molecule has 128 valence electrons. The number of anilines is 1. The lowest BCUT2D eigenvalue weighted by Crippen LogP contribution is -2.42. The van der Waals surface area contributed by atoms with Gasteiger partial charge in [0, 0.05) is 32.2 Å². The number of aryl methyl sites for hydroxylation is 1. The summed E-state index contributed by atoms with van der Waals surface area (Å²) in [5.41, 5.74) is 0.729. The summed E-state index contributed by atoms with van der Waals surface area (Å²) in [6, 6.07) is 1.90. The number of ether oxygens (including phenoxy) is 2. The SMILES string of the molecule is Cc1nc([C@@H]2CN(S(C)(=O)=O)CCO2)cc(N2CCOCC2)n1. The van der Waals surface area contributed by atoms with Crippen molar-refractivity contribution in [3.8, 4) is 0 Å². The minimum Gasteiger partial charge on any atom is -0.378 e. The Morgan fingerprint density at radius 1 is 1.17 bits per heavy atom. The molecule has 0 bridgehead atoms. The summed E-state index contributed by atoms with van der Waals surface area (Å²) in [7, 11) is -3.22. The van der Waals surface area contributed by atoms with Crippen molar-refractivity contribution in [1.82, 2.24) is 14.3 Å². The van der Waals surface area contributed by atoms with Crippen molar-refractivity contribution in [2.45, 2.75) is 13.0 Å². The molecule has 2 saturated heterocycles. The van der Waals surface area contributed by atoms with Gasteiger partial charge in [0.2, 0.25) is 10.0 Å². The van der Waals surface area contributed by atoms with Gasteiger partial charge in [-0.1, -0.05) is 0 Å². The van der Waals surface area contributed by atoms with Crippen LogP contribution >= 0.6 is 0 Å². The Morgan fingerprint density at radius 2 is 1.91 bits per heavy atom. The molecule has 1 aromatic rings. The predicted octanol–water partition coefficient (Wildman–Crippen LogP) is -0.0455. The lowest BCUT2D eigenvalue weighted by atomic mass is 10.2. The Morgan fingerprint density at radius 3 is 2.61 bits per heavy atom. The summed E-state index contributed by atoms with van der Waals surface area (Å²) in [6.45, 7) is 5.82. The van der Waals surface area contributed by atoms with E-state index >= 15 is 0 Å². The minimum absolute atomic E-state index is 0.290. The third kappa shape index (κ3) is 3.97. The summed E-state index contributed by atoms with van der Waals surface area (Å²) in [6.07, 6.45) is 0.861. The molecule has 2 aliphatic heterocycles. The molecule has 0 N–H and O–H groups in total. The molecule has 0 saturated carbocycles. The topological polar surface area (TPSA) is 84.9 Å². The van der Waals surface area contributed by atoms with E-state index in [0.717, 1.165) is 24.6 Å². The Balaban J connectivity index is 1.83. The first kappa shape index (κ1) is 16.6. The van der Waals surface area contributed by atoms with Crippen LogP contribution in [-0.4, -0.2) is 74.9 Å². The fourth-order valence-electron chi connectivity index (χ4n) is 2.80. The van der Waals surface area contributed by atoms with E-state index in [0.29, 0.717) is 32.2 Å². The minimum atomic E-state index is -3.22. The normalized spacial score (nSPS) is 23.9. The predicted molar refractivity (Wildman–Crippen MR) is 84.9 cm³/mol. The molecule has 8 nitrogen and oxygen atoms in total. The van der Waals surface area contributed by atoms with Gasteiger partial charge in [0.05, 0.1) is 31.8 Å². The van der Waals surface area contributed by atoms with Crippen molar-refractivity contribution in [3.05, 3.63) is 17.6 Å². The van der Waals surface area contributed by atoms with E-state index in [1.54, 1.807) is 0 Å². The Hall–Kier alpha value is -1.29. The fourth-order valence-corrected chi connectivity index (χ4v) is 3.61. The van der Waals surface area contributed by atoms with Gasteiger partial charge >= 0.3 is 0 Å². The maximum Gasteiger partial charge on any atom is 0.211 e. The molecule has 2 aliphatic rings. The zero-order chi connectivity index (χ0) is 16.4. The highest BCUT2D eigenvalue weighted by Gasteiger charge is 2.29. The van der Waals surface area contributed by atoms with Crippen LogP contribution in [0, 0.1) is 6.92 Å². The van der Waals surface area contributed by atoms with Gasteiger partial charge in [-0.05, 0) is 6.92 Å². The third-order valence-corrected chi connectivity index (χ3v) is 5.28. The van der Waals surface area contributed by atoms with Gasteiger partial charge < -0.3 is 14.4 Å². The van der Waals surface area contributed by atoms with E-state index < -0.39 is 10.0 Å². The molecule has 1 aromatic heterocycles. The summed E-state index contributed by atoms with van der Waals surface area (Å²) in [5, 5.41) is 0. The summed E-state index contributed by atoms with van der Waals surface area (Å²) < 4.78 is 36.1. The van der Waals surface area contributed by atoms with E-state index in [1.807, 2.05) is 13.0 Å². The molecule has 0 unspecified atom stereocenters. The Bertz CT molecular complexity index is 661. The second-order valence-electron chi connectivity index (χ2n) is 5.78. The Labute approximate surface area is 136 Å². The molecular formula is C14H22N4O4S. The molecule has 3 rings (SSSR count). The standard InChI is InChI=1S/C14H22N4O4S/c1-11-15-12(9-14(16-11)17-3-6-21-7-4-17)13-10-18(5-8-22-13)23(2,19)20/h9,13H,3-8,10H2,1-2H3/t13-/m0/s1. The highest BCUT2D eigenvalue weighted by molar-refractivity contribution is 7.88. The first-order chi connectivity index (χ1) is 10.9. The summed E-state index contributed by atoms with van der Waals surface area (Å²) in [5.74, 6) is 1.50. The van der Waals surface area contributed by atoms with Crippen LogP contribution in [0.5, 0.6) is 0 Å². The van der Waals surface area contributed by atoms with Gasteiger partial charge in [0.1, 0.15) is 17.7 Å². The van der Waals surface area contributed by atoms with Crippen LogP contribution in [-0.2, 0) is 19.5 Å². The van der Waals surface area contributed by atoms with E-state index in [9.17, 15) is 8.42 Å². The van der Waals surface area contributed by atoms with Gasteiger partial charge in [-0.3, -0.25) is 0 Å². The highest BCUT2D eigenvalue weighted by Crippen LogP contribution is 2.25. The molecule has 0 amide bonds. The Kier molecular flexibility index (Phi) is 4.81. The van der Waals surface area contributed by atoms with Crippen molar-refractivity contribution >= 4 is 15.8 Å². The highest BCUT2D eigenvalue weighted by atomic mass is 32.2. The smallest absolute Gasteiger partial charge is 0.211 e. The number of nitrogens with zero attached hydrogens (tertiary/aromatic N) is 4. The lowest BCUT2D eigenvalue weighted by molar-refractivity contribution is -0.00487. The number of sulfonamides is 1. The molecule has 1 atom stereocenters. The molecule has 23 heavy (non-hydrogen) atoms. The van der Waals surface area contributed by atoms with E-state index in [4.69, 9.17) is 9.47 Å².